The molecule has 0 fully saturated rings. The van der Waals surface area contributed by atoms with Crippen LogP contribution in [0.15, 0.2) is 84.9 Å². The van der Waals surface area contributed by atoms with Crippen LogP contribution in [0.3, 0.4) is 0 Å². The van der Waals surface area contributed by atoms with E-state index >= 15 is 0 Å². The van der Waals surface area contributed by atoms with Crippen LogP contribution < -0.4 is 0 Å². The van der Waals surface area contributed by atoms with Crippen molar-refractivity contribution in [3.63, 3.8) is 0 Å². The van der Waals surface area contributed by atoms with Crippen LogP contribution in [0, 0.1) is 10.1 Å². The van der Waals surface area contributed by atoms with Gasteiger partial charge in [-0.1, -0.05) is 74.5 Å². The predicted octanol–water partition coefficient (Wildman–Crippen LogP) is 5.86. The Hall–Kier alpha value is -3.47. The van der Waals surface area contributed by atoms with Crippen LogP contribution in [0.4, 0.5) is 5.69 Å². The smallest absolute Gasteiger partial charge is 0.338 e. The summed E-state index contributed by atoms with van der Waals surface area (Å²) < 4.78 is 6.02. The number of esters is 1. The number of carbonyl (C=O) groups is 1. The first-order valence-electron chi connectivity index (χ1n) is 9.51. The molecule has 3 aromatic carbocycles. The van der Waals surface area contributed by atoms with Crippen LogP contribution in [-0.2, 0) is 10.2 Å². The molecule has 0 radical (unpaired) electrons. The van der Waals surface area contributed by atoms with E-state index in [4.69, 9.17) is 4.74 Å². The van der Waals surface area contributed by atoms with Gasteiger partial charge in [0.2, 0.25) is 0 Å². The normalized spacial score (nSPS) is 13.9. The van der Waals surface area contributed by atoms with E-state index in [1.807, 2.05) is 60.7 Å². The number of benzene rings is 3. The fraction of sp³-hybridized carbons (Fsp3) is 0.208. The highest BCUT2D eigenvalue weighted by atomic mass is 16.6. The highest BCUT2D eigenvalue weighted by molar-refractivity contribution is 5.89. The largest absolute Gasteiger partial charge is 0.453 e. The van der Waals surface area contributed by atoms with Crippen molar-refractivity contribution < 1.29 is 14.5 Å². The minimum atomic E-state index is -0.515. The lowest BCUT2D eigenvalue weighted by Gasteiger charge is -2.37. The standard InChI is InChI=1S/C24H23NO4/c1-3-24(2,20-12-8-5-9-13-20)22(18-10-6-4-7-11-18)29-23(26)19-14-16-21(17-15-19)25(27)28/h4-17,22H,3H2,1-2H3/t22-,24-/m0/s1. The van der Waals surface area contributed by atoms with Gasteiger partial charge in [-0.25, -0.2) is 4.79 Å². The predicted molar refractivity (Wildman–Crippen MR) is 112 cm³/mol. The van der Waals surface area contributed by atoms with E-state index < -0.39 is 22.4 Å². The van der Waals surface area contributed by atoms with Crippen molar-refractivity contribution >= 4 is 11.7 Å². The fourth-order valence-electron chi connectivity index (χ4n) is 3.45. The average Bonchev–Trinajstić information content (AvgIpc) is 2.78. The first-order chi connectivity index (χ1) is 14.0. The summed E-state index contributed by atoms with van der Waals surface area (Å²) >= 11 is 0. The second-order valence-corrected chi connectivity index (χ2v) is 7.14. The first-order valence-corrected chi connectivity index (χ1v) is 9.51. The number of ether oxygens (including phenoxy) is 1. The Kier molecular flexibility index (Phi) is 6.07. The minimum Gasteiger partial charge on any atom is -0.453 e. The van der Waals surface area contributed by atoms with Crippen molar-refractivity contribution in [2.45, 2.75) is 31.8 Å². The molecule has 5 heteroatoms. The van der Waals surface area contributed by atoms with Gasteiger partial charge in [-0.15, -0.1) is 0 Å². The van der Waals surface area contributed by atoms with Crippen LogP contribution in [-0.4, -0.2) is 10.9 Å². The third kappa shape index (κ3) is 4.35. The summed E-state index contributed by atoms with van der Waals surface area (Å²) in [7, 11) is 0. The lowest BCUT2D eigenvalue weighted by Crippen LogP contribution is -2.33. The molecule has 0 bridgehead atoms. The third-order valence-corrected chi connectivity index (χ3v) is 5.39. The first kappa shape index (κ1) is 20.3. The topological polar surface area (TPSA) is 69.4 Å². The highest BCUT2D eigenvalue weighted by Gasteiger charge is 2.38. The number of non-ortho nitro benzene ring substituents is 1. The molecular weight excluding hydrogens is 366 g/mol. The van der Waals surface area contributed by atoms with Gasteiger partial charge in [-0.3, -0.25) is 10.1 Å². The Morgan fingerprint density at radius 1 is 0.966 bits per heavy atom. The van der Waals surface area contributed by atoms with Crippen LogP contribution in [0.2, 0.25) is 0 Å². The van der Waals surface area contributed by atoms with E-state index in [9.17, 15) is 14.9 Å². The maximum atomic E-state index is 12.9. The molecule has 0 saturated heterocycles. The van der Waals surface area contributed by atoms with Crippen molar-refractivity contribution in [3.05, 3.63) is 112 Å². The van der Waals surface area contributed by atoms with Crippen molar-refractivity contribution in [1.29, 1.82) is 0 Å². The summed E-state index contributed by atoms with van der Waals surface area (Å²) in [5.41, 5.74) is 1.75. The minimum absolute atomic E-state index is 0.0659. The quantitative estimate of drug-likeness (QED) is 0.288. The monoisotopic (exact) mass is 389 g/mol. The van der Waals surface area contributed by atoms with Crippen LogP contribution in [0.25, 0.3) is 0 Å². The lowest BCUT2D eigenvalue weighted by atomic mass is 9.73. The molecule has 0 aliphatic carbocycles. The molecule has 0 spiro atoms. The van der Waals surface area contributed by atoms with E-state index in [-0.39, 0.29) is 11.3 Å². The Labute approximate surface area is 170 Å². The number of carbonyl (C=O) groups excluding carboxylic acids is 1. The molecule has 0 aliphatic heterocycles. The molecule has 3 aromatic rings. The molecule has 0 N–H and O–H groups in total. The molecule has 0 amide bonds. The van der Waals surface area contributed by atoms with E-state index in [0.29, 0.717) is 0 Å². The van der Waals surface area contributed by atoms with Crippen molar-refractivity contribution in [2.75, 3.05) is 0 Å². The molecule has 0 aliphatic rings. The van der Waals surface area contributed by atoms with Crippen molar-refractivity contribution in [1.82, 2.24) is 0 Å². The molecule has 5 nitrogen and oxygen atoms in total. The molecule has 3 rings (SSSR count). The zero-order chi connectivity index (χ0) is 20.9. The number of nitro groups is 1. The third-order valence-electron chi connectivity index (χ3n) is 5.39. The molecule has 0 unspecified atom stereocenters. The molecule has 148 valence electrons. The Morgan fingerprint density at radius 3 is 2.03 bits per heavy atom. The van der Waals surface area contributed by atoms with Gasteiger partial charge >= 0.3 is 5.97 Å². The van der Waals surface area contributed by atoms with Crippen LogP contribution in [0.1, 0.15) is 47.9 Å². The lowest BCUT2D eigenvalue weighted by molar-refractivity contribution is -0.384. The zero-order valence-corrected chi connectivity index (χ0v) is 16.4. The highest BCUT2D eigenvalue weighted by Crippen LogP contribution is 2.42. The molecule has 0 saturated carbocycles. The summed E-state index contributed by atoms with van der Waals surface area (Å²) in [6, 6.07) is 25.1. The summed E-state index contributed by atoms with van der Waals surface area (Å²) in [5.74, 6) is -0.510. The van der Waals surface area contributed by atoms with E-state index in [2.05, 4.69) is 13.8 Å². The number of nitro benzene ring substituents is 1. The summed E-state index contributed by atoms with van der Waals surface area (Å²) in [6.45, 7) is 4.16. The Balaban J connectivity index is 1.98. The number of hydrogen-bond acceptors (Lipinski definition) is 4. The van der Waals surface area contributed by atoms with Gasteiger partial charge in [-0.2, -0.15) is 0 Å². The SMILES string of the molecule is CC[C@@](C)(c1ccccc1)[C@@H](OC(=O)c1ccc([N+](=O)[O-])cc1)c1ccccc1. The molecule has 2 atom stereocenters. The summed E-state index contributed by atoms with van der Waals surface area (Å²) in [4.78, 5) is 23.3. The van der Waals surface area contributed by atoms with E-state index in [0.717, 1.165) is 17.5 Å². The van der Waals surface area contributed by atoms with Crippen molar-refractivity contribution in [2.24, 2.45) is 0 Å². The van der Waals surface area contributed by atoms with Crippen molar-refractivity contribution in [3.8, 4) is 0 Å². The summed E-state index contributed by atoms with van der Waals surface area (Å²) in [5, 5.41) is 10.9. The van der Waals surface area contributed by atoms with E-state index in [1.165, 1.54) is 24.3 Å². The molecule has 0 aromatic heterocycles. The van der Waals surface area contributed by atoms with Gasteiger partial charge in [0.15, 0.2) is 0 Å². The maximum absolute atomic E-state index is 12.9. The second-order valence-electron chi connectivity index (χ2n) is 7.14. The van der Waals surface area contributed by atoms with Gasteiger partial charge in [0.1, 0.15) is 6.10 Å². The summed E-state index contributed by atoms with van der Waals surface area (Å²) in [6.07, 6.45) is 0.239. The maximum Gasteiger partial charge on any atom is 0.338 e. The molecular formula is C24H23NO4. The Bertz CT molecular complexity index is 971. The van der Waals surface area contributed by atoms with Gasteiger partial charge < -0.3 is 4.74 Å². The zero-order valence-electron chi connectivity index (χ0n) is 16.4. The van der Waals surface area contributed by atoms with Crippen LogP contribution in [0.5, 0.6) is 0 Å². The second kappa shape index (κ2) is 8.69. The Morgan fingerprint density at radius 2 is 1.52 bits per heavy atom. The van der Waals surface area contributed by atoms with E-state index in [1.54, 1.807) is 0 Å². The average molecular weight is 389 g/mol. The van der Waals surface area contributed by atoms with Gasteiger partial charge in [0, 0.05) is 17.5 Å². The number of rotatable bonds is 7. The number of nitrogens with zero attached hydrogens (tertiary/aromatic N) is 1. The van der Waals surface area contributed by atoms with Gasteiger partial charge in [0.25, 0.3) is 5.69 Å². The number of hydrogen-bond donors (Lipinski definition) is 0. The fourth-order valence-corrected chi connectivity index (χ4v) is 3.45. The molecule has 0 heterocycles. The van der Waals surface area contributed by atoms with Gasteiger partial charge in [-0.05, 0) is 29.7 Å². The van der Waals surface area contributed by atoms with Crippen LogP contribution >= 0.6 is 0 Å². The van der Waals surface area contributed by atoms with Gasteiger partial charge in [0.05, 0.1) is 10.5 Å². The molecule has 29 heavy (non-hydrogen) atoms.